The molecular weight excluding hydrogens is 258 g/mol. The van der Waals surface area contributed by atoms with Crippen molar-refractivity contribution >= 4 is 28.9 Å². The van der Waals surface area contributed by atoms with Crippen molar-refractivity contribution in [2.24, 2.45) is 11.7 Å². The van der Waals surface area contributed by atoms with Crippen LogP contribution in [0.15, 0.2) is 18.2 Å². The SMILES string of the molecule is CC(C)[C@@H](N)C(=O)Nc1cc(Cl)ccc1[N+](=O)[O-]. The average Bonchev–Trinajstić information content (AvgIpc) is 2.27. The van der Waals surface area contributed by atoms with Crippen LogP contribution in [-0.2, 0) is 4.79 Å². The van der Waals surface area contributed by atoms with Gasteiger partial charge in [0.2, 0.25) is 5.91 Å². The zero-order valence-electron chi connectivity index (χ0n) is 10.0. The summed E-state index contributed by atoms with van der Waals surface area (Å²) in [5.74, 6) is -0.543. The molecule has 98 valence electrons. The van der Waals surface area contributed by atoms with Crippen LogP contribution in [0.3, 0.4) is 0 Å². The van der Waals surface area contributed by atoms with Gasteiger partial charge in [0, 0.05) is 11.1 Å². The molecular formula is C11H14ClN3O3. The van der Waals surface area contributed by atoms with E-state index < -0.39 is 16.9 Å². The Balaban J connectivity index is 2.99. The van der Waals surface area contributed by atoms with Gasteiger partial charge < -0.3 is 11.1 Å². The quantitative estimate of drug-likeness (QED) is 0.647. The number of amides is 1. The number of rotatable bonds is 4. The maximum Gasteiger partial charge on any atom is 0.292 e. The van der Waals surface area contributed by atoms with Crippen LogP contribution in [0.5, 0.6) is 0 Å². The monoisotopic (exact) mass is 271 g/mol. The summed E-state index contributed by atoms with van der Waals surface area (Å²) in [4.78, 5) is 21.9. The highest BCUT2D eigenvalue weighted by molar-refractivity contribution is 6.31. The summed E-state index contributed by atoms with van der Waals surface area (Å²) >= 11 is 5.74. The predicted molar refractivity (Wildman–Crippen MR) is 69.5 cm³/mol. The summed E-state index contributed by atoms with van der Waals surface area (Å²) in [7, 11) is 0. The Hall–Kier alpha value is -1.66. The molecule has 18 heavy (non-hydrogen) atoms. The summed E-state index contributed by atoms with van der Waals surface area (Å²) < 4.78 is 0. The maximum atomic E-state index is 11.7. The lowest BCUT2D eigenvalue weighted by atomic mass is 10.0. The first-order valence-corrected chi connectivity index (χ1v) is 5.71. The lowest BCUT2D eigenvalue weighted by Crippen LogP contribution is -2.39. The van der Waals surface area contributed by atoms with Gasteiger partial charge in [0.25, 0.3) is 5.69 Å². The number of nitrogens with zero attached hydrogens (tertiary/aromatic N) is 1. The van der Waals surface area contributed by atoms with Crippen LogP contribution < -0.4 is 11.1 Å². The number of nitro benzene ring substituents is 1. The normalized spacial score (nSPS) is 12.3. The van der Waals surface area contributed by atoms with E-state index in [2.05, 4.69) is 5.32 Å². The van der Waals surface area contributed by atoms with E-state index in [0.717, 1.165) is 0 Å². The molecule has 0 saturated heterocycles. The Kier molecular flexibility index (Phi) is 4.63. The fourth-order valence-electron chi connectivity index (χ4n) is 1.29. The second-order valence-electron chi connectivity index (χ2n) is 4.18. The first-order chi connectivity index (χ1) is 8.32. The molecule has 0 spiro atoms. The number of nitrogens with one attached hydrogen (secondary N) is 1. The Morgan fingerprint density at radius 3 is 2.61 bits per heavy atom. The van der Waals surface area contributed by atoms with Crippen molar-refractivity contribution < 1.29 is 9.72 Å². The van der Waals surface area contributed by atoms with Gasteiger partial charge in [0.1, 0.15) is 5.69 Å². The first kappa shape index (κ1) is 14.4. The summed E-state index contributed by atoms with van der Waals surface area (Å²) in [6, 6.07) is 3.21. The minimum absolute atomic E-state index is 0.0496. The smallest absolute Gasteiger partial charge is 0.292 e. The number of hydrogen-bond acceptors (Lipinski definition) is 4. The molecule has 0 radical (unpaired) electrons. The Morgan fingerprint density at radius 1 is 1.50 bits per heavy atom. The van der Waals surface area contributed by atoms with Crippen LogP contribution in [0.2, 0.25) is 5.02 Å². The number of carbonyl (C=O) groups excluding carboxylic acids is 1. The number of nitro groups is 1. The van der Waals surface area contributed by atoms with E-state index in [4.69, 9.17) is 17.3 Å². The molecule has 0 saturated carbocycles. The molecule has 1 atom stereocenters. The molecule has 1 rings (SSSR count). The molecule has 0 fully saturated rings. The molecule has 0 bridgehead atoms. The molecule has 0 aromatic heterocycles. The lowest BCUT2D eigenvalue weighted by Gasteiger charge is -2.15. The molecule has 1 aromatic rings. The van der Waals surface area contributed by atoms with Crippen LogP contribution in [0.1, 0.15) is 13.8 Å². The highest BCUT2D eigenvalue weighted by atomic mass is 35.5. The fraction of sp³-hybridized carbons (Fsp3) is 0.364. The third-order valence-electron chi connectivity index (χ3n) is 2.43. The number of benzene rings is 1. The van der Waals surface area contributed by atoms with Gasteiger partial charge in [-0.15, -0.1) is 0 Å². The van der Waals surface area contributed by atoms with Gasteiger partial charge in [-0.1, -0.05) is 25.4 Å². The van der Waals surface area contributed by atoms with Gasteiger partial charge in [0.05, 0.1) is 11.0 Å². The molecule has 0 heterocycles. The van der Waals surface area contributed by atoms with E-state index in [9.17, 15) is 14.9 Å². The van der Waals surface area contributed by atoms with E-state index in [-0.39, 0.29) is 17.3 Å². The largest absolute Gasteiger partial charge is 0.320 e. The Bertz CT molecular complexity index is 477. The van der Waals surface area contributed by atoms with Crippen LogP contribution in [0.4, 0.5) is 11.4 Å². The molecule has 1 amide bonds. The van der Waals surface area contributed by atoms with Crippen molar-refractivity contribution in [1.82, 2.24) is 0 Å². The third kappa shape index (κ3) is 3.41. The number of anilines is 1. The molecule has 0 unspecified atom stereocenters. The van der Waals surface area contributed by atoms with Crippen molar-refractivity contribution in [3.63, 3.8) is 0 Å². The molecule has 7 heteroatoms. The lowest BCUT2D eigenvalue weighted by molar-refractivity contribution is -0.383. The Morgan fingerprint density at radius 2 is 2.11 bits per heavy atom. The van der Waals surface area contributed by atoms with Gasteiger partial charge in [-0.2, -0.15) is 0 Å². The molecule has 6 nitrogen and oxygen atoms in total. The predicted octanol–water partition coefficient (Wildman–Crippen LogP) is 2.17. The standard InChI is InChI=1S/C11H14ClN3O3/c1-6(2)10(13)11(16)14-8-5-7(12)3-4-9(8)15(17)18/h3-6,10H,13H2,1-2H3,(H,14,16)/t10-/m1/s1. The average molecular weight is 272 g/mol. The maximum absolute atomic E-state index is 11.7. The summed E-state index contributed by atoms with van der Waals surface area (Å²) in [5.41, 5.74) is 5.49. The van der Waals surface area contributed by atoms with Gasteiger partial charge in [-0.25, -0.2) is 0 Å². The number of hydrogen-bond donors (Lipinski definition) is 2. The van der Waals surface area contributed by atoms with E-state index in [1.54, 1.807) is 13.8 Å². The fourth-order valence-corrected chi connectivity index (χ4v) is 1.46. The van der Waals surface area contributed by atoms with Gasteiger partial charge in [-0.3, -0.25) is 14.9 Å². The molecule has 1 aromatic carbocycles. The molecule has 0 aliphatic rings. The van der Waals surface area contributed by atoms with Crippen LogP contribution >= 0.6 is 11.6 Å². The highest BCUT2D eigenvalue weighted by Gasteiger charge is 2.21. The summed E-state index contributed by atoms with van der Waals surface area (Å²) in [6.07, 6.45) is 0. The number of halogens is 1. The topological polar surface area (TPSA) is 98.3 Å². The van der Waals surface area contributed by atoms with Crippen molar-refractivity contribution in [2.75, 3.05) is 5.32 Å². The van der Waals surface area contributed by atoms with Crippen molar-refractivity contribution in [3.8, 4) is 0 Å². The van der Waals surface area contributed by atoms with Crippen molar-refractivity contribution in [1.29, 1.82) is 0 Å². The minimum atomic E-state index is -0.733. The molecule has 3 N–H and O–H groups in total. The van der Waals surface area contributed by atoms with Crippen molar-refractivity contribution in [3.05, 3.63) is 33.3 Å². The third-order valence-corrected chi connectivity index (χ3v) is 2.67. The summed E-state index contributed by atoms with van der Waals surface area (Å²) in [6.45, 7) is 3.58. The minimum Gasteiger partial charge on any atom is -0.320 e. The van der Waals surface area contributed by atoms with Crippen LogP contribution in [0.25, 0.3) is 0 Å². The van der Waals surface area contributed by atoms with Gasteiger partial charge in [0.15, 0.2) is 0 Å². The second kappa shape index (κ2) is 5.79. The van der Waals surface area contributed by atoms with Crippen molar-refractivity contribution in [2.45, 2.75) is 19.9 Å². The zero-order valence-corrected chi connectivity index (χ0v) is 10.8. The highest BCUT2D eigenvalue weighted by Crippen LogP contribution is 2.27. The number of nitrogens with two attached hydrogens (primary N) is 1. The second-order valence-corrected chi connectivity index (χ2v) is 4.61. The van der Waals surface area contributed by atoms with Gasteiger partial charge >= 0.3 is 0 Å². The van der Waals surface area contributed by atoms with Gasteiger partial charge in [-0.05, 0) is 18.1 Å². The first-order valence-electron chi connectivity index (χ1n) is 5.33. The van der Waals surface area contributed by atoms with Crippen LogP contribution in [-0.4, -0.2) is 16.9 Å². The van der Waals surface area contributed by atoms with Crippen LogP contribution in [0, 0.1) is 16.0 Å². The molecule has 0 aliphatic carbocycles. The Labute approximate surface area is 109 Å². The molecule has 0 aliphatic heterocycles. The van der Waals surface area contributed by atoms with E-state index in [1.165, 1.54) is 18.2 Å². The van der Waals surface area contributed by atoms with E-state index in [0.29, 0.717) is 5.02 Å². The number of carbonyl (C=O) groups is 1. The zero-order chi connectivity index (χ0) is 13.9. The summed E-state index contributed by atoms with van der Waals surface area (Å²) in [5, 5.41) is 13.5. The van der Waals surface area contributed by atoms with E-state index in [1.807, 2.05) is 0 Å². The van der Waals surface area contributed by atoms with E-state index >= 15 is 0 Å².